The molecule has 0 N–H and O–H groups in total. The van der Waals surface area contributed by atoms with Crippen molar-refractivity contribution in [3.05, 3.63) is 46.1 Å². The van der Waals surface area contributed by atoms with E-state index >= 15 is 0 Å². The van der Waals surface area contributed by atoms with Crippen LogP contribution in [0.2, 0.25) is 0 Å². The standard InChI is InChI=1S/C21H22N4OS2/c1-13-8-14(2)10-17(9-13)25(7-5-6-22)18(26)11-27-20-19-15(3)16(4)28-21(19)24-12-23-20/h8-10,12H,5,7,11H2,1-4H3. The molecule has 0 unspecified atom stereocenters. The van der Waals surface area contributed by atoms with E-state index in [1.165, 1.54) is 22.2 Å². The van der Waals surface area contributed by atoms with Crippen LogP contribution in [0.4, 0.5) is 5.69 Å². The molecule has 1 aromatic carbocycles. The van der Waals surface area contributed by atoms with E-state index in [0.717, 1.165) is 32.1 Å². The number of thiophene rings is 1. The zero-order valence-electron chi connectivity index (χ0n) is 16.4. The van der Waals surface area contributed by atoms with Crippen LogP contribution in [0.1, 0.15) is 28.0 Å². The predicted molar refractivity (Wildman–Crippen MR) is 116 cm³/mol. The van der Waals surface area contributed by atoms with Gasteiger partial charge in [0.15, 0.2) is 0 Å². The molecule has 2 aromatic heterocycles. The van der Waals surface area contributed by atoms with E-state index in [1.54, 1.807) is 22.6 Å². The van der Waals surface area contributed by atoms with Crippen LogP contribution in [-0.4, -0.2) is 28.2 Å². The van der Waals surface area contributed by atoms with E-state index in [-0.39, 0.29) is 11.7 Å². The van der Waals surface area contributed by atoms with Crippen LogP contribution < -0.4 is 4.90 Å². The normalized spacial score (nSPS) is 10.8. The first-order valence-corrected chi connectivity index (χ1v) is 10.8. The number of carbonyl (C=O) groups excluding carboxylic acids is 1. The molecular weight excluding hydrogens is 388 g/mol. The van der Waals surface area contributed by atoms with Crippen molar-refractivity contribution in [2.45, 2.75) is 39.1 Å². The molecule has 0 radical (unpaired) electrons. The Kier molecular flexibility index (Phi) is 6.32. The van der Waals surface area contributed by atoms with Crippen LogP contribution in [-0.2, 0) is 4.79 Å². The van der Waals surface area contributed by atoms with Gasteiger partial charge in [-0.1, -0.05) is 17.8 Å². The summed E-state index contributed by atoms with van der Waals surface area (Å²) in [6, 6.07) is 8.19. The maximum absolute atomic E-state index is 13.0. The quantitative estimate of drug-likeness (QED) is 0.424. The molecule has 2 heterocycles. The highest BCUT2D eigenvalue weighted by atomic mass is 32.2. The van der Waals surface area contributed by atoms with E-state index < -0.39 is 0 Å². The number of hydrogen-bond donors (Lipinski definition) is 0. The molecule has 0 aliphatic heterocycles. The second-order valence-electron chi connectivity index (χ2n) is 6.73. The van der Waals surface area contributed by atoms with Gasteiger partial charge in [0, 0.05) is 22.5 Å². The van der Waals surface area contributed by atoms with Gasteiger partial charge in [-0.3, -0.25) is 4.79 Å². The fraction of sp³-hybridized carbons (Fsp3) is 0.333. The molecule has 0 saturated heterocycles. The number of benzene rings is 1. The molecule has 0 aliphatic rings. The van der Waals surface area contributed by atoms with Gasteiger partial charge in [0.1, 0.15) is 16.2 Å². The van der Waals surface area contributed by atoms with Crippen LogP contribution >= 0.6 is 23.1 Å². The number of aromatic nitrogens is 2. The predicted octanol–water partition coefficient (Wildman–Crippen LogP) is 4.96. The average Bonchev–Trinajstić information content (AvgIpc) is 2.94. The minimum Gasteiger partial charge on any atom is -0.311 e. The summed E-state index contributed by atoms with van der Waals surface area (Å²) in [4.78, 5) is 25.7. The third-order valence-corrected chi connectivity index (χ3v) is 6.62. The molecule has 0 atom stereocenters. The maximum Gasteiger partial charge on any atom is 0.237 e. The van der Waals surface area contributed by atoms with Gasteiger partial charge in [-0.15, -0.1) is 11.3 Å². The molecule has 7 heteroatoms. The molecule has 0 aliphatic carbocycles. The van der Waals surface area contributed by atoms with Crippen molar-refractivity contribution in [1.82, 2.24) is 9.97 Å². The first-order chi connectivity index (χ1) is 13.4. The Morgan fingerprint density at radius 1 is 1.18 bits per heavy atom. The van der Waals surface area contributed by atoms with Crippen molar-refractivity contribution in [2.24, 2.45) is 0 Å². The van der Waals surface area contributed by atoms with Crippen LogP contribution in [0.15, 0.2) is 29.6 Å². The van der Waals surface area contributed by atoms with Gasteiger partial charge in [0.05, 0.1) is 18.2 Å². The number of aryl methyl sites for hydroxylation is 4. The Morgan fingerprint density at radius 3 is 2.57 bits per heavy atom. The van der Waals surface area contributed by atoms with E-state index in [4.69, 9.17) is 5.26 Å². The molecular formula is C21H22N4OS2. The highest BCUT2D eigenvalue weighted by Gasteiger charge is 2.19. The lowest BCUT2D eigenvalue weighted by Gasteiger charge is -2.22. The monoisotopic (exact) mass is 410 g/mol. The molecule has 0 saturated carbocycles. The zero-order chi connectivity index (χ0) is 20.3. The van der Waals surface area contributed by atoms with Crippen LogP contribution in [0.5, 0.6) is 0 Å². The number of anilines is 1. The summed E-state index contributed by atoms with van der Waals surface area (Å²) in [5.41, 5.74) is 4.21. The molecule has 28 heavy (non-hydrogen) atoms. The summed E-state index contributed by atoms with van der Waals surface area (Å²) >= 11 is 3.08. The Hall–Kier alpha value is -2.43. The molecule has 0 spiro atoms. The first-order valence-electron chi connectivity index (χ1n) is 8.99. The summed E-state index contributed by atoms with van der Waals surface area (Å²) < 4.78 is 0. The van der Waals surface area contributed by atoms with Gasteiger partial charge in [-0.25, -0.2) is 9.97 Å². The summed E-state index contributed by atoms with van der Waals surface area (Å²) in [7, 11) is 0. The molecule has 0 bridgehead atoms. The zero-order valence-corrected chi connectivity index (χ0v) is 18.1. The van der Waals surface area contributed by atoms with Gasteiger partial charge in [0.25, 0.3) is 0 Å². The van der Waals surface area contributed by atoms with Crippen molar-refractivity contribution in [3.8, 4) is 6.07 Å². The maximum atomic E-state index is 13.0. The summed E-state index contributed by atoms with van der Waals surface area (Å²) in [5.74, 6) is 0.236. The Morgan fingerprint density at radius 2 is 1.89 bits per heavy atom. The van der Waals surface area contributed by atoms with Crippen molar-refractivity contribution in [3.63, 3.8) is 0 Å². The average molecular weight is 411 g/mol. The second kappa shape index (κ2) is 8.72. The van der Waals surface area contributed by atoms with Crippen LogP contribution in [0, 0.1) is 39.0 Å². The second-order valence-corrected chi connectivity index (χ2v) is 8.90. The summed E-state index contributed by atoms with van der Waals surface area (Å²) in [6.07, 6.45) is 1.85. The van der Waals surface area contributed by atoms with Gasteiger partial charge >= 0.3 is 0 Å². The highest BCUT2D eigenvalue weighted by molar-refractivity contribution is 8.00. The summed E-state index contributed by atoms with van der Waals surface area (Å²) in [5, 5.41) is 10.9. The Bertz CT molecular complexity index is 1050. The number of nitrogens with zero attached hydrogens (tertiary/aromatic N) is 4. The molecule has 1 amide bonds. The fourth-order valence-corrected chi connectivity index (χ4v) is 5.13. The third-order valence-electron chi connectivity index (χ3n) is 4.53. The lowest BCUT2D eigenvalue weighted by Crippen LogP contribution is -2.33. The number of nitriles is 1. The molecule has 144 valence electrons. The number of carbonyl (C=O) groups is 1. The summed E-state index contributed by atoms with van der Waals surface area (Å²) in [6.45, 7) is 8.55. The number of hydrogen-bond acceptors (Lipinski definition) is 6. The van der Waals surface area contributed by atoms with E-state index in [1.807, 2.05) is 26.0 Å². The lowest BCUT2D eigenvalue weighted by molar-refractivity contribution is -0.116. The van der Waals surface area contributed by atoms with Gasteiger partial charge < -0.3 is 4.90 Å². The number of rotatable bonds is 6. The fourth-order valence-electron chi connectivity index (χ4n) is 3.13. The topological polar surface area (TPSA) is 69.9 Å². The van der Waals surface area contributed by atoms with Gasteiger partial charge in [0.2, 0.25) is 5.91 Å². The SMILES string of the molecule is Cc1cc(C)cc(N(CCC#N)C(=O)CSc2ncnc3sc(C)c(C)c23)c1. The highest BCUT2D eigenvalue weighted by Crippen LogP contribution is 2.34. The minimum absolute atomic E-state index is 0.0263. The van der Waals surface area contributed by atoms with E-state index in [9.17, 15) is 4.79 Å². The molecule has 3 aromatic rings. The number of amides is 1. The van der Waals surface area contributed by atoms with E-state index in [0.29, 0.717) is 13.0 Å². The molecule has 5 nitrogen and oxygen atoms in total. The Labute approximate surface area is 173 Å². The largest absolute Gasteiger partial charge is 0.311 e. The first kappa shape index (κ1) is 20.3. The van der Waals surface area contributed by atoms with E-state index in [2.05, 4.69) is 36.0 Å². The third kappa shape index (κ3) is 4.34. The Balaban J connectivity index is 1.84. The van der Waals surface area contributed by atoms with Crippen molar-refractivity contribution < 1.29 is 4.79 Å². The van der Waals surface area contributed by atoms with Crippen molar-refractivity contribution in [1.29, 1.82) is 5.26 Å². The lowest BCUT2D eigenvalue weighted by atomic mass is 10.1. The molecule has 0 fully saturated rings. The number of thioether (sulfide) groups is 1. The van der Waals surface area contributed by atoms with Gasteiger partial charge in [-0.05, 0) is 56.5 Å². The van der Waals surface area contributed by atoms with Crippen LogP contribution in [0.25, 0.3) is 10.2 Å². The smallest absolute Gasteiger partial charge is 0.237 e. The minimum atomic E-state index is -0.0263. The molecule has 3 rings (SSSR count). The van der Waals surface area contributed by atoms with Gasteiger partial charge in [-0.2, -0.15) is 5.26 Å². The van der Waals surface area contributed by atoms with Crippen LogP contribution in [0.3, 0.4) is 0 Å². The number of fused-ring (bicyclic) bond motifs is 1. The van der Waals surface area contributed by atoms with Crippen molar-refractivity contribution >= 4 is 44.9 Å². The van der Waals surface area contributed by atoms with Crippen molar-refractivity contribution in [2.75, 3.05) is 17.2 Å².